The van der Waals surface area contributed by atoms with E-state index >= 15 is 0 Å². The summed E-state index contributed by atoms with van der Waals surface area (Å²) in [6.07, 6.45) is -3.06. The summed E-state index contributed by atoms with van der Waals surface area (Å²) in [4.78, 5) is 19.6. The molecular formula is C25H27F3N6O2. The molecule has 36 heavy (non-hydrogen) atoms. The molecule has 8 nitrogen and oxygen atoms in total. The van der Waals surface area contributed by atoms with Gasteiger partial charge in [0.15, 0.2) is 0 Å². The maximum absolute atomic E-state index is 13.5. The monoisotopic (exact) mass is 500 g/mol. The first kappa shape index (κ1) is 24.1. The van der Waals surface area contributed by atoms with Crippen molar-refractivity contribution in [3.63, 3.8) is 0 Å². The van der Waals surface area contributed by atoms with Gasteiger partial charge in [0.1, 0.15) is 17.4 Å². The molecule has 2 aromatic heterocycles. The molecule has 0 saturated carbocycles. The molecule has 0 spiro atoms. The molecule has 0 radical (unpaired) electrons. The molecule has 2 fully saturated rings. The molecule has 2 aliphatic rings. The maximum Gasteiger partial charge on any atom is 0.419 e. The number of ether oxygens (including phenoxy) is 2. The van der Waals surface area contributed by atoms with Gasteiger partial charge in [-0.15, -0.1) is 0 Å². The molecule has 0 N–H and O–H groups in total. The number of rotatable bonds is 5. The molecule has 4 heterocycles. The Morgan fingerprint density at radius 1 is 0.861 bits per heavy atom. The van der Waals surface area contributed by atoms with Gasteiger partial charge in [0.05, 0.1) is 31.6 Å². The number of pyridine rings is 1. The van der Waals surface area contributed by atoms with Gasteiger partial charge in [-0.05, 0) is 36.4 Å². The van der Waals surface area contributed by atoms with Gasteiger partial charge in [0.2, 0.25) is 5.95 Å². The average Bonchev–Trinajstić information content (AvgIpc) is 2.93. The topological polar surface area (TPSA) is 66.9 Å². The second kappa shape index (κ2) is 10.2. The van der Waals surface area contributed by atoms with Crippen molar-refractivity contribution in [3.05, 3.63) is 54.2 Å². The van der Waals surface area contributed by atoms with E-state index in [9.17, 15) is 13.2 Å². The van der Waals surface area contributed by atoms with E-state index in [1.54, 1.807) is 12.0 Å². The van der Waals surface area contributed by atoms with Gasteiger partial charge in [0.25, 0.3) is 0 Å². The van der Waals surface area contributed by atoms with E-state index < -0.39 is 11.7 Å². The van der Waals surface area contributed by atoms with Crippen LogP contribution >= 0.6 is 0 Å². The Balaban J connectivity index is 1.41. The van der Waals surface area contributed by atoms with Crippen molar-refractivity contribution >= 4 is 17.6 Å². The Morgan fingerprint density at radius 2 is 1.56 bits per heavy atom. The quantitative estimate of drug-likeness (QED) is 0.525. The number of halogens is 3. The molecule has 2 aliphatic heterocycles. The van der Waals surface area contributed by atoms with Gasteiger partial charge in [-0.1, -0.05) is 0 Å². The van der Waals surface area contributed by atoms with E-state index in [2.05, 4.69) is 9.88 Å². The number of hydrogen-bond acceptors (Lipinski definition) is 8. The lowest BCUT2D eigenvalue weighted by Gasteiger charge is -2.37. The SMILES string of the molecule is COc1ccc(-c2cc(N3CCOCC3)nc(N3CCN(c4ncccc4C(F)(F)F)CC3)n2)cc1. The number of aromatic nitrogens is 3. The number of methoxy groups -OCH3 is 1. The third-order valence-electron chi connectivity index (χ3n) is 6.38. The lowest BCUT2D eigenvalue weighted by molar-refractivity contribution is -0.137. The Labute approximate surface area is 207 Å². The fourth-order valence-electron chi connectivity index (χ4n) is 4.42. The van der Waals surface area contributed by atoms with Crippen LogP contribution in [-0.2, 0) is 10.9 Å². The van der Waals surface area contributed by atoms with Crippen LogP contribution in [-0.4, -0.2) is 74.5 Å². The second-order valence-electron chi connectivity index (χ2n) is 8.59. The fourth-order valence-corrected chi connectivity index (χ4v) is 4.42. The van der Waals surface area contributed by atoms with Crippen LogP contribution in [0.15, 0.2) is 48.7 Å². The molecule has 0 unspecified atom stereocenters. The molecule has 5 rings (SSSR count). The first-order valence-corrected chi connectivity index (χ1v) is 11.8. The molecule has 3 aromatic rings. The van der Waals surface area contributed by atoms with Crippen LogP contribution in [0, 0.1) is 0 Å². The highest BCUT2D eigenvalue weighted by atomic mass is 19.4. The third-order valence-corrected chi connectivity index (χ3v) is 6.38. The summed E-state index contributed by atoms with van der Waals surface area (Å²) in [5.41, 5.74) is 0.984. The van der Waals surface area contributed by atoms with Crippen molar-refractivity contribution in [3.8, 4) is 17.0 Å². The van der Waals surface area contributed by atoms with Crippen LogP contribution in [0.3, 0.4) is 0 Å². The summed E-state index contributed by atoms with van der Waals surface area (Å²) < 4.78 is 51.3. The van der Waals surface area contributed by atoms with Crippen molar-refractivity contribution in [2.75, 3.05) is 74.3 Å². The minimum atomic E-state index is -4.45. The zero-order valence-corrected chi connectivity index (χ0v) is 19.9. The first-order valence-electron chi connectivity index (χ1n) is 11.8. The van der Waals surface area contributed by atoms with Crippen LogP contribution in [0.25, 0.3) is 11.3 Å². The molecule has 2 saturated heterocycles. The molecule has 11 heteroatoms. The zero-order chi connectivity index (χ0) is 25.1. The number of alkyl halides is 3. The molecule has 0 aliphatic carbocycles. The number of nitrogens with zero attached hydrogens (tertiary/aromatic N) is 6. The number of morpholine rings is 1. The normalized spacial score (nSPS) is 16.8. The summed E-state index contributed by atoms with van der Waals surface area (Å²) >= 11 is 0. The summed E-state index contributed by atoms with van der Waals surface area (Å²) in [5.74, 6) is 2.08. The van der Waals surface area contributed by atoms with E-state index in [0.29, 0.717) is 45.3 Å². The molecule has 190 valence electrons. The summed E-state index contributed by atoms with van der Waals surface area (Å²) in [7, 11) is 1.62. The van der Waals surface area contributed by atoms with Gasteiger partial charge in [-0.2, -0.15) is 18.2 Å². The highest BCUT2D eigenvalue weighted by Gasteiger charge is 2.36. The van der Waals surface area contributed by atoms with Crippen molar-refractivity contribution in [2.45, 2.75) is 6.18 Å². The maximum atomic E-state index is 13.5. The highest BCUT2D eigenvalue weighted by Crippen LogP contribution is 2.35. The summed E-state index contributed by atoms with van der Waals surface area (Å²) in [5, 5.41) is 0. The Kier molecular flexibility index (Phi) is 6.82. The van der Waals surface area contributed by atoms with Gasteiger partial charge in [0, 0.05) is 57.1 Å². The van der Waals surface area contributed by atoms with Crippen LogP contribution < -0.4 is 19.4 Å². The zero-order valence-electron chi connectivity index (χ0n) is 19.9. The first-order chi connectivity index (χ1) is 17.4. The predicted molar refractivity (Wildman–Crippen MR) is 131 cm³/mol. The standard InChI is InChI=1S/C25H27F3N6O2/c1-35-19-6-4-18(5-7-19)21-17-22(32-13-15-36-16-14-32)31-24(30-21)34-11-9-33(10-12-34)23-20(25(26,27)28)3-2-8-29-23/h2-8,17H,9-16H2,1H3. The van der Waals surface area contributed by atoms with Gasteiger partial charge >= 0.3 is 6.18 Å². The van der Waals surface area contributed by atoms with Crippen LogP contribution in [0.1, 0.15) is 5.56 Å². The minimum absolute atomic E-state index is 0.0356. The Bertz CT molecular complexity index is 1180. The van der Waals surface area contributed by atoms with Crippen LogP contribution in [0.2, 0.25) is 0 Å². The van der Waals surface area contributed by atoms with Gasteiger partial charge < -0.3 is 24.2 Å². The van der Waals surface area contributed by atoms with E-state index in [1.807, 2.05) is 35.2 Å². The fraction of sp³-hybridized carbons (Fsp3) is 0.400. The third kappa shape index (κ3) is 5.15. The Hall–Kier alpha value is -3.60. The number of anilines is 3. The molecule has 0 bridgehead atoms. The summed E-state index contributed by atoms with van der Waals surface area (Å²) in [6, 6.07) is 12.0. The van der Waals surface area contributed by atoms with Crippen molar-refractivity contribution in [1.29, 1.82) is 0 Å². The molecule has 1 aromatic carbocycles. The predicted octanol–water partition coefficient (Wildman–Crippen LogP) is 3.73. The lowest BCUT2D eigenvalue weighted by Crippen LogP contribution is -2.48. The minimum Gasteiger partial charge on any atom is -0.497 e. The van der Waals surface area contributed by atoms with Crippen molar-refractivity contribution in [1.82, 2.24) is 15.0 Å². The van der Waals surface area contributed by atoms with E-state index in [-0.39, 0.29) is 5.82 Å². The number of hydrogen-bond donors (Lipinski definition) is 0. The van der Waals surface area contributed by atoms with Crippen LogP contribution in [0.4, 0.5) is 30.8 Å². The van der Waals surface area contributed by atoms with Crippen molar-refractivity contribution in [2.24, 2.45) is 0 Å². The summed E-state index contributed by atoms with van der Waals surface area (Å²) in [6.45, 7) is 4.42. The molecule has 0 amide bonds. The lowest BCUT2D eigenvalue weighted by atomic mass is 10.1. The average molecular weight is 501 g/mol. The smallest absolute Gasteiger partial charge is 0.419 e. The van der Waals surface area contributed by atoms with E-state index in [0.717, 1.165) is 42.0 Å². The number of piperazine rings is 1. The molecular weight excluding hydrogens is 473 g/mol. The van der Waals surface area contributed by atoms with E-state index in [1.165, 1.54) is 12.3 Å². The second-order valence-corrected chi connectivity index (χ2v) is 8.59. The number of benzene rings is 1. The van der Waals surface area contributed by atoms with Crippen LogP contribution in [0.5, 0.6) is 5.75 Å². The molecule has 0 atom stereocenters. The highest BCUT2D eigenvalue weighted by molar-refractivity contribution is 5.66. The Morgan fingerprint density at radius 3 is 2.22 bits per heavy atom. The van der Waals surface area contributed by atoms with Crippen molar-refractivity contribution < 1.29 is 22.6 Å². The van der Waals surface area contributed by atoms with Gasteiger partial charge in [-0.25, -0.2) is 9.97 Å². The van der Waals surface area contributed by atoms with Gasteiger partial charge in [-0.3, -0.25) is 0 Å². The largest absolute Gasteiger partial charge is 0.497 e. The van der Waals surface area contributed by atoms with E-state index in [4.69, 9.17) is 19.4 Å².